The third-order valence-corrected chi connectivity index (χ3v) is 12.9. The van der Waals surface area contributed by atoms with Crippen LogP contribution < -0.4 is 15.2 Å². The van der Waals surface area contributed by atoms with Gasteiger partial charge in [-0.1, -0.05) is 55.0 Å². The first-order valence-corrected chi connectivity index (χ1v) is 20.1. The first kappa shape index (κ1) is 31.6. The molecule has 2 unspecified atom stereocenters. The van der Waals surface area contributed by atoms with Gasteiger partial charge in [0.05, 0.1) is 30.6 Å². The largest absolute Gasteiger partial charge is 0.379 e. The van der Waals surface area contributed by atoms with Crippen molar-refractivity contribution in [3.8, 4) is 11.1 Å². The van der Waals surface area contributed by atoms with Crippen LogP contribution >= 0.6 is 11.8 Å². The van der Waals surface area contributed by atoms with Crippen molar-refractivity contribution >= 4 is 33.9 Å². The maximum Gasteiger partial charge on any atom is 0.186 e. The lowest BCUT2D eigenvalue weighted by Crippen LogP contribution is -2.78. The van der Waals surface area contributed by atoms with Gasteiger partial charge in [0.25, 0.3) is 0 Å². The predicted molar refractivity (Wildman–Crippen MR) is 200 cm³/mol. The molecule has 0 saturated carbocycles. The molecule has 1 N–H and O–H groups in total. The number of morpholine rings is 1. The van der Waals surface area contributed by atoms with Crippen molar-refractivity contribution in [1.82, 2.24) is 25.0 Å². The summed E-state index contributed by atoms with van der Waals surface area (Å²) in [4.78, 5) is 11.6. The van der Waals surface area contributed by atoms with Crippen LogP contribution in [0.4, 0.5) is 11.4 Å². The fourth-order valence-corrected chi connectivity index (χ4v) is 10.8. The molecule has 256 valence electrons. The minimum Gasteiger partial charge on any atom is -0.379 e. The molecule has 8 nitrogen and oxygen atoms in total. The highest BCUT2D eigenvalue weighted by molar-refractivity contribution is 7.99. The standard InChI is InChI=1S/C39H53N7OS/c1-4-19-42(20-5-1)38-36-35(14-13-34(37(36)41-17-6-7-18-41)33-12-8-10-31-9-2-3-11-32(31)33)46(45-21-15-40-16-22-45)39(38,43-23-27-47-28-24-43)44-25-29-48-30-26-44/h2-3,8-14,38,40H,1,4-7,15-30H2. The van der Waals surface area contributed by atoms with E-state index in [1.165, 1.54) is 90.0 Å². The third kappa shape index (κ3) is 5.27. The lowest BCUT2D eigenvalue weighted by molar-refractivity contribution is -0.159. The van der Waals surface area contributed by atoms with Crippen molar-refractivity contribution in [1.29, 1.82) is 0 Å². The van der Waals surface area contributed by atoms with E-state index in [9.17, 15) is 0 Å². The molecule has 6 heterocycles. The van der Waals surface area contributed by atoms with Crippen LogP contribution in [0.25, 0.3) is 21.9 Å². The van der Waals surface area contributed by atoms with Gasteiger partial charge in [-0.15, -0.1) is 0 Å². The van der Waals surface area contributed by atoms with E-state index >= 15 is 0 Å². The summed E-state index contributed by atoms with van der Waals surface area (Å²) in [5.74, 6) is 2.10. The zero-order valence-corrected chi connectivity index (χ0v) is 29.4. The zero-order chi connectivity index (χ0) is 31.9. The normalized spacial score (nSPS) is 28.4. The zero-order valence-electron chi connectivity index (χ0n) is 28.6. The van der Waals surface area contributed by atoms with E-state index in [0.717, 1.165) is 78.7 Å². The molecule has 6 aliphatic heterocycles. The van der Waals surface area contributed by atoms with Crippen LogP contribution in [0.5, 0.6) is 0 Å². The number of benzene rings is 3. The van der Waals surface area contributed by atoms with E-state index in [-0.39, 0.29) is 11.8 Å². The summed E-state index contributed by atoms with van der Waals surface area (Å²) in [6.45, 7) is 14.6. The number of thioether (sulfide) groups is 1. The summed E-state index contributed by atoms with van der Waals surface area (Å²) in [7, 11) is 0. The number of fused-ring (bicyclic) bond motifs is 2. The minimum absolute atomic E-state index is 0.245. The molecule has 0 radical (unpaired) electrons. The summed E-state index contributed by atoms with van der Waals surface area (Å²) in [5, 5.41) is 12.0. The van der Waals surface area contributed by atoms with E-state index in [4.69, 9.17) is 4.74 Å². The van der Waals surface area contributed by atoms with E-state index < -0.39 is 0 Å². The maximum atomic E-state index is 6.12. The Morgan fingerprint density at radius 1 is 0.667 bits per heavy atom. The van der Waals surface area contributed by atoms with Crippen molar-refractivity contribution in [2.75, 3.05) is 113 Å². The van der Waals surface area contributed by atoms with Gasteiger partial charge in [0.2, 0.25) is 0 Å². The van der Waals surface area contributed by atoms with Crippen molar-refractivity contribution < 1.29 is 4.74 Å². The topological polar surface area (TPSA) is 40.7 Å². The fraction of sp³-hybridized carbons (Fsp3) is 0.590. The highest BCUT2D eigenvalue weighted by Gasteiger charge is 2.63. The van der Waals surface area contributed by atoms with Crippen LogP contribution in [-0.2, 0) is 4.74 Å². The van der Waals surface area contributed by atoms with Crippen molar-refractivity contribution in [3.63, 3.8) is 0 Å². The number of nitrogens with zero attached hydrogens (tertiary/aromatic N) is 6. The maximum absolute atomic E-state index is 6.12. The van der Waals surface area contributed by atoms with E-state index in [2.05, 4.69) is 101 Å². The second-order valence-electron chi connectivity index (χ2n) is 14.5. The molecule has 48 heavy (non-hydrogen) atoms. The first-order chi connectivity index (χ1) is 23.9. The van der Waals surface area contributed by atoms with Gasteiger partial charge >= 0.3 is 0 Å². The lowest BCUT2D eigenvalue weighted by Gasteiger charge is -2.61. The van der Waals surface area contributed by atoms with Gasteiger partial charge in [-0.05, 0) is 61.2 Å². The van der Waals surface area contributed by atoms with E-state index in [1.807, 2.05) is 0 Å². The van der Waals surface area contributed by atoms with Gasteiger partial charge in [-0.2, -0.15) is 11.8 Å². The molecule has 9 heteroatoms. The average molecular weight is 668 g/mol. The van der Waals surface area contributed by atoms with Crippen molar-refractivity contribution in [3.05, 3.63) is 60.2 Å². The summed E-state index contributed by atoms with van der Waals surface area (Å²) in [6, 6.07) is 21.3. The number of likely N-dealkylation sites (tertiary alicyclic amines) is 1. The Balaban J connectivity index is 1.35. The summed E-state index contributed by atoms with van der Waals surface area (Å²) >= 11 is 2.14. The molecule has 5 fully saturated rings. The number of anilines is 2. The van der Waals surface area contributed by atoms with Crippen molar-refractivity contribution in [2.24, 2.45) is 0 Å². The monoisotopic (exact) mass is 667 g/mol. The Morgan fingerprint density at radius 3 is 2.17 bits per heavy atom. The van der Waals surface area contributed by atoms with Gasteiger partial charge in [-0.3, -0.25) is 19.7 Å². The highest BCUT2D eigenvalue weighted by Crippen LogP contribution is 2.59. The SMILES string of the molecule is c1ccc2c(-c3ccc4c(c3N3CCCC3)C(N3CCCCC3)C(N3CCOCC3)(N3CCSCC3)N4N3CCNCC3)cccc2c1. The first-order valence-electron chi connectivity index (χ1n) is 18.9. The van der Waals surface area contributed by atoms with Gasteiger partial charge < -0.3 is 15.0 Å². The average Bonchev–Trinajstić information content (AvgIpc) is 3.81. The van der Waals surface area contributed by atoms with Gasteiger partial charge in [0, 0.05) is 88.1 Å². The Kier molecular flexibility index (Phi) is 9.05. The number of piperazine rings is 1. The van der Waals surface area contributed by atoms with E-state index in [1.54, 1.807) is 5.56 Å². The Morgan fingerprint density at radius 2 is 1.38 bits per heavy atom. The van der Waals surface area contributed by atoms with Gasteiger partial charge in [0.1, 0.15) is 0 Å². The van der Waals surface area contributed by atoms with Crippen LogP contribution in [0.1, 0.15) is 43.7 Å². The number of hydrogen-bond acceptors (Lipinski definition) is 9. The number of piperidine rings is 1. The van der Waals surface area contributed by atoms with Gasteiger partial charge in [-0.25, -0.2) is 5.01 Å². The molecule has 0 amide bonds. The number of rotatable bonds is 6. The van der Waals surface area contributed by atoms with Crippen LogP contribution in [-0.4, -0.2) is 129 Å². The molecule has 6 aliphatic rings. The molecule has 3 aromatic rings. The van der Waals surface area contributed by atoms with Crippen LogP contribution in [0.2, 0.25) is 0 Å². The van der Waals surface area contributed by atoms with Crippen LogP contribution in [0.3, 0.4) is 0 Å². The molecule has 5 saturated heterocycles. The number of hydrogen-bond donors (Lipinski definition) is 1. The molecular formula is C39H53N7OS. The molecule has 9 rings (SSSR count). The summed E-state index contributed by atoms with van der Waals surface area (Å²) < 4.78 is 6.12. The number of hydrazine groups is 1. The Labute approximate surface area is 291 Å². The molecule has 0 aromatic heterocycles. The number of nitrogens with one attached hydrogen (secondary N) is 1. The quantitative estimate of drug-likeness (QED) is 0.377. The Hall–Kier alpha value is -2.37. The third-order valence-electron chi connectivity index (χ3n) is 12.0. The number of ether oxygens (including phenoxy) is 1. The minimum atomic E-state index is -0.298. The molecule has 2 atom stereocenters. The summed E-state index contributed by atoms with van der Waals surface area (Å²) in [6.07, 6.45) is 6.46. The summed E-state index contributed by atoms with van der Waals surface area (Å²) in [5.41, 5.74) is 7.35. The van der Waals surface area contributed by atoms with E-state index in [0.29, 0.717) is 0 Å². The molecular weight excluding hydrogens is 615 g/mol. The lowest BCUT2D eigenvalue weighted by atomic mass is 9.89. The van der Waals surface area contributed by atoms with Crippen LogP contribution in [0, 0.1) is 0 Å². The molecule has 3 aromatic carbocycles. The molecule has 0 bridgehead atoms. The predicted octanol–water partition coefficient (Wildman–Crippen LogP) is 5.31. The smallest absolute Gasteiger partial charge is 0.186 e. The molecule has 0 aliphatic carbocycles. The van der Waals surface area contributed by atoms with Crippen molar-refractivity contribution in [2.45, 2.75) is 43.9 Å². The second-order valence-corrected chi connectivity index (χ2v) is 15.7. The molecule has 0 spiro atoms. The second kappa shape index (κ2) is 13.7. The highest BCUT2D eigenvalue weighted by atomic mass is 32.2. The van der Waals surface area contributed by atoms with Crippen LogP contribution in [0.15, 0.2) is 54.6 Å². The fourth-order valence-electron chi connectivity index (χ4n) is 9.91. The van der Waals surface area contributed by atoms with Gasteiger partial charge in [0.15, 0.2) is 5.79 Å². The Bertz CT molecular complexity index is 1550.